The fourth-order valence-corrected chi connectivity index (χ4v) is 1.26. The smallest absolute Gasteiger partial charge is 0.161 e. The van der Waals surface area contributed by atoms with E-state index >= 15 is 0 Å². The Hall–Kier alpha value is -1.22. The van der Waals surface area contributed by atoms with Gasteiger partial charge in [-0.25, -0.2) is 0 Å². The molecular formula is C14H22O3. The van der Waals surface area contributed by atoms with Gasteiger partial charge in [-0.15, -0.1) is 0 Å². The lowest BCUT2D eigenvalue weighted by atomic mass is 9.90. The second kappa shape index (κ2) is 5.92. The molecule has 1 N–H and O–H groups in total. The van der Waals surface area contributed by atoms with Gasteiger partial charge in [-0.2, -0.15) is 0 Å². The molecule has 1 rings (SSSR count). The summed E-state index contributed by atoms with van der Waals surface area (Å²) in [6.45, 7) is 8.75. The lowest BCUT2D eigenvalue weighted by Gasteiger charge is -2.26. The summed E-state index contributed by atoms with van der Waals surface area (Å²) in [5.41, 5.74) is -0.180. The predicted molar refractivity (Wildman–Crippen MR) is 68.6 cm³/mol. The molecule has 1 aromatic carbocycles. The zero-order chi connectivity index (χ0) is 12.9. The monoisotopic (exact) mass is 238 g/mol. The predicted octanol–water partition coefficient (Wildman–Crippen LogP) is 2.87. The van der Waals surface area contributed by atoms with E-state index in [9.17, 15) is 5.11 Å². The van der Waals surface area contributed by atoms with Crippen LogP contribution in [0.5, 0.6) is 11.5 Å². The van der Waals surface area contributed by atoms with E-state index < -0.39 is 6.10 Å². The van der Waals surface area contributed by atoms with Crippen molar-refractivity contribution in [2.45, 2.75) is 33.8 Å². The molecule has 17 heavy (non-hydrogen) atoms. The molecular weight excluding hydrogens is 216 g/mol. The van der Waals surface area contributed by atoms with Crippen LogP contribution in [0.25, 0.3) is 0 Å². The molecule has 1 aromatic rings. The van der Waals surface area contributed by atoms with Crippen molar-refractivity contribution < 1.29 is 14.6 Å². The number of para-hydroxylation sites is 2. The fourth-order valence-electron chi connectivity index (χ4n) is 1.26. The van der Waals surface area contributed by atoms with Crippen molar-refractivity contribution in [1.29, 1.82) is 0 Å². The summed E-state index contributed by atoms with van der Waals surface area (Å²) < 4.78 is 11.1. The van der Waals surface area contributed by atoms with Gasteiger partial charge in [-0.3, -0.25) is 0 Å². The van der Waals surface area contributed by atoms with Gasteiger partial charge in [0.2, 0.25) is 0 Å². The van der Waals surface area contributed by atoms with Crippen LogP contribution in [0.4, 0.5) is 0 Å². The molecule has 1 atom stereocenters. The molecule has 0 amide bonds. The van der Waals surface area contributed by atoms with Gasteiger partial charge in [0.05, 0.1) is 12.7 Å². The van der Waals surface area contributed by atoms with Crippen LogP contribution >= 0.6 is 0 Å². The molecule has 0 heterocycles. The highest BCUT2D eigenvalue weighted by molar-refractivity contribution is 5.39. The van der Waals surface area contributed by atoms with Gasteiger partial charge in [0.1, 0.15) is 6.61 Å². The van der Waals surface area contributed by atoms with Crippen LogP contribution < -0.4 is 9.47 Å². The van der Waals surface area contributed by atoms with Crippen LogP contribution in [0.15, 0.2) is 24.3 Å². The highest BCUT2D eigenvalue weighted by Crippen LogP contribution is 2.27. The lowest BCUT2D eigenvalue weighted by molar-refractivity contribution is 0.0210. The van der Waals surface area contributed by atoms with Crippen LogP contribution in [-0.4, -0.2) is 24.4 Å². The van der Waals surface area contributed by atoms with E-state index in [2.05, 4.69) is 0 Å². The minimum Gasteiger partial charge on any atom is -0.490 e. The maximum atomic E-state index is 9.90. The van der Waals surface area contributed by atoms with Crippen molar-refractivity contribution >= 4 is 0 Å². The number of hydrogen-bond acceptors (Lipinski definition) is 3. The van der Waals surface area contributed by atoms with Gasteiger partial charge in [0, 0.05) is 0 Å². The Morgan fingerprint density at radius 3 is 2.12 bits per heavy atom. The number of aliphatic hydroxyl groups is 1. The molecule has 3 nitrogen and oxygen atoms in total. The van der Waals surface area contributed by atoms with Gasteiger partial charge < -0.3 is 14.6 Å². The number of aliphatic hydroxyl groups excluding tert-OH is 1. The molecule has 96 valence electrons. The highest BCUT2D eigenvalue weighted by atomic mass is 16.5. The number of benzene rings is 1. The second-order valence-electron chi connectivity index (χ2n) is 5.07. The van der Waals surface area contributed by atoms with Crippen molar-refractivity contribution in [1.82, 2.24) is 0 Å². The van der Waals surface area contributed by atoms with Crippen molar-refractivity contribution in [2.24, 2.45) is 5.41 Å². The Kier molecular flexibility index (Phi) is 4.82. The summed E-state index contributed by atoms with van der Waals surface area (Å²) in [5.74, 6) is 1.40. The normalized spacial score (nSPS) is 13.2. The number of ether oxygens (including phenoxy) is 2. The highest BCUT2D eigenvalue weighted by Gasteiger charge is 2.23. The third-order valence-corrected chi connectivity index (χ3v) is 2.55. The summed E-state index contributed by atoms with van der Waals surface area (Å²) >= 11 is 0. The maximum absolute atomic E-state index is 9.90. The van der Waals surface area contributed by atoms with Crippen molar-refractivity contribution in [3.05, 3.63) is 24.3 Å². The van der Waals surface area contributed by atoms with Crippen LogP contribution in [0.3, 0.4) is 0 Å². The topological polar surface area (TPSA) is 38.7 Å². The molecule has 0 saturated heterocycles. The molecule has 0 bridgehead atoms. The Bertz CT molecular complexity index is 342. The SMILES string of the molecule is CCOc1ccccc1OCC(O)C(C)(C)C. The van der Waals surface area contributed by atoms with Crippen molar-refractivity contribution in [3.8, 4) is 11.5 Å². The zero-order valence-electron chi connectivity index (χ0n) is 11.1. The molecule has 0 aliphatic heterocycles. The van der Waals surface area contributed by atoms with Crippen LogP contribution in [0, 0.1) is 5.41 Å². The summed E-state index contributed by atoms with van der Waals surface area (Å²) in [7, 11) is 0. The Balaban J connectivity index is 2.63. The molecule has 0 aromatic heterocycles. The first-order valence-corrected chi connectivity index (χ1v) is 5.98. The fraction of sp³-hybridized carbons (Fsp3) is 0.571. The maximum Gasteiger partial charge on any atom is 0.161 e. The third kappa shape index (κ3) is 4.27. The van der Waals surface area contributed by atoms with Crippen LogP contribution in [-0.2, 0) is 0 Å². The number of rotatable bonds is 5. The lowest BCUT2D eigenvalue weighted by Crippen LogP contribution is -2.32. The van der Waals surface area contributed by atoms with Gasteiger partial charge in [-0.05, 0) is 24.5 Å². The summed E-state index contributed by atoms with van der Waals surface area (Å²) in [6.07, 6.45) is -0.503. The summed E-state index contributed by atoms with van der Waals surface area (Å²) in [6, 6.07) is 7.50. The Morgan fingerprint density at radius 2 is 1.65 bits per heavy atom. The van der Waals surface area contributed by atoms with E-state index in [4.69, 9.17) is 9.47 Å². The molecule has 1 unspecified atom stereocenters. The van der Waals surface area contributed by atoms with E-state index in [1.807, 2.05) is 52.0 Å². The quantitative estimate of drug-likeness (QED) is 0.857. The minimum atomic E-state index is -0.503. The third-order valence-electron chi connectivity index (χ3n) is 2.55. The summed E-state index contributed by atoms with van der Waals surface area (Å²) in [4.78, 5) is 0. The van der Waals surface area contributed by atoms with E-state index in [0.717, 1.165) is 5.75 Å². The van der Waals surface area contributed by atoms with Gasteiger partial charge in [0.15, 0.2) is 11.5 Å². The standard InChI is InChI=1S/C14H22O3/c1-5-16-11-8-6-7-9-12(11)17-10-13(15)14(2,3)4/h6-9,13,15H,5,10H2,1-4H3. The van der Waals surface area contributed by atoms with Gasteiger partial charge >= 0.3 is 0 Å². The van der Waals surface area contributed by atoms with Gasteiger partial charge in [-0.1, -0.05) is 32.9 Å². The Morgan fingerprint density at radius 1 is 1.12 bits per heavy atom. The van der Waals surface area contributed by atoms with Gasteiger partial charge in [0.25, 0.3) is 0 Å². The molecule has 3 heteroatoms. The van der Waals surface area contributed by atoms with E-state index in [0.29, 0.717) is 12.4 Å². The second-order valence-corrected chi connectivity index (χ2v) is 5.07. The molecule has 0 fully saturated rings. The van der Waals surface area contributed by atoms with Crippen molar-refractivity contribution in [3.63, 3.8) is 0 Å². The van der Waals surface area contributed by atoms with E-state index in [1.54, 1.807) is 0 Å². The first kappa shape index (κ1) is 13.8. The molecule has 0 aliphatic rings. The number of hydrogen-bond donors (Lipinski definition) is 1. The van der Waals surface area contributed by atoms with E-state index in [1.165, 1.54) is 0 Å². The molecule has 0 radical (unpaired) electrons. The molecule has 0 aliphatic carbocycles. The molecule has 0 saturated carbocycles. The Labute approximate surface area is 103 Å². The average Bonchev–Trinajstić information content (AvgIpc) is 2.26. The van der Waals surface area contributed by atoms with E-state index in [-0.39, 0.29) is 12.0 Å². The average molecular weight is 238 g/mol. The summed E-state index contributed by atoms with van der Waals surface area (Å²) in [5, 5.41) is 9.90. The van der Waals surface area contributed by atoms with Crippen LogP contribution in [0.2, 0.25) is 0 Å². The van der Waals surface area contributed by atoms with Crippen molar-refractivity contribution in [2.75, 3.05) is 13.2 Å². The largest absolute Gasteiger partial charge is 0.490 e. The molecule has 0 spiro atoms. The first-order chi connectivity index (χ1) is 7.95. The van der Waals surface area contributed by atoms with Crippen LogP contribution in [0.1, 0.15) is 27.7 Å². The zero-order valence-corrected chi connectivity index (χ0v) is 11.1. The minimum absolute atomic E-state index is 0.180. The first-order valence-electron chi connectivity index (χ1n) is 5.98.